The summed E-state index contributed by atoms with van der Waals surface area (Å²) in [5.74, 6) is 0.616. The van der Waals surface area contributed by atoms with Crippen LogP contribution in [0, 0.1) is 0 Å². The van der Waals surface area contributed by atoms with E-state index in [1.807, 2.05) is 29.8 Å². The largest absolute Gasteiger partial charge is 0.369 e. The Hall–Kier alpha value is -1.82. The van der Waals surface area contributed by atoms with Gasteiger partial charge in [-0.3, -0.25) is 4.79 Å². The first-order chi connectivity index (χ1) is 9.61. The molecule has 5 nitrogen and oxygen atoms in total. The van der Waals surface area contributed by atoms with E-state index in [0.717, 1.165) is 29.6 Å². The summed E-state index contributed by atoms with van der Waals surface area (Å²) in [6.45, 7) is 5.17. The van der Waals surface area contributed by atoms with Crippen molar-refractivity contribution in [3.8, 4) is 0 Å². The third-order valence-electron chi connectivity index (χ3n) is 3.94. The minimum atomic E-state index is -0.0461. The number of amides is 1. The molecule has 0 bridgehead atoms. The fourth-order valence-electron chi connectivity index (χ4n) is 2.83. The lowest BCUT2D eigenvalue weighted by molar-refractivity contribution is -0.127. The fraction of sp³-hybridized carbons (Fsp3) is 0.333. The van der Waals surface area contributed by atoms with Crippen LogP contribution in [0.15, 0.2) is 30.9 Å². The molecule has 1 aliphatic heterocycles. The van der Waals surface area contributed by atoms with Gasteiger partial charge in [0.2, 0.25) is 11.9 Å². The number of aromatic nitrogens is 2. The molecule has 2 N–H and O–H groups in total. The average Bonchev–Trinajstić information content (AvgIpc) is 2.92. The maximum absolute atomic E-state index is 12.1. The molecule has 3 rings (SSSR count). The number of nitrogen functional groups attached to an aromatic ring is 1. The maximum Gasteiger partial charge on any atom is 0.229 e. The molecule has 2 heterocycles. The van der Waals surface area contributed by atoms with E-state index in [1.54, 1.807) is 11.0 Å². The van der Waals surface area contributed by atoms with Gasteiger partial charge in [0.1, 0.15) is 0 Å². The summed E-state index contributed by atoms with van der Waals surface area (Å²) in [7, 11) is 1.84. The summed E-state index contributed by atoms with van der Waals surface area (Å²) in [6.07, 6.45) is 2.66. The van der Waals surface area contributed by atoms with Gasteiger partial charge in [0.05, 0.1) is 17.0 Å². The minimum absolute atomic E-state index is 0. The molecule has 6 heteroatoms. The molecule has 1 aromatic heterocycles. The first kappa shape index (κ1) is 15.6. The van der Waals surface area contributed by atoms with E-state index >= 15 is 0 Å². The first-order valence-corrected chi connectivity index (χ1v) is 6.73. The topological polar surface area (TPSA) is 64.2 Å². The minimum Gasteiger partial charge on any atom is -0.369 e. The molecule has 1 fully saturated rings. The number of carbonyl (C=O) groups is 1. The normalized spacial score (nSPS) is 18.0. The Morgan fingerprint density at radius 2 is 2.29 bits per heavy atom. The molecule has 1 aliphatic rings. The number of allylic oxidation sites excluding steroid dienone is 1. The van der Waals surface area contributed by atoms with Gasteiger partial charge in [-0.1, -0.05) is 12.1 Å². The summed E-state index contributed by atoms with van der Waals surface area (Å²) in [6, 6.07) is 5.97. The Kier molecular flexibility index (Phi) is 4.37. The zero-order valence-electron chi connectivity index (χ0n) is 12.0. The number of nitrogens with zero attached hydrogens (tertiary/aromatic N) is 3. The van der Waals surface area contributed by atoms with Crippen molar-refractivity contribution in [1.82, 2.24) is 14.5 Å². The van der Waals surface area contributed by atoms with Gasteiger partial charge in [-0.05, 0) is 24.1 Å². The van der Waals surface area contributed by atoms with Crippen molar-refractivity contribution in [2.45, 2.75) is 18.9 Å². The molecule has 1 saturated heterocycles. The van der Waals surface area contributed by atoms with Gasteiger partial charge in [-0.2, -0.15) is 0 Å². The number of nitrogens with two attached hydrogens (primary N) is 1. The summed E-state index contributed by atoms with van der Waals surface area (Å²) in [4.78, 5) is 18.2. The van der Waals surface area contributed by atoms with Crippen LogP contribution in [0.2, 0.25) is 0 Å². The molecule has 1 amide bonds. The van der Waals surface area contributed by atoms with Crippen molar-refractivity contribution in [2.75, 3.05) is 19.3 Å². The van der Waals surface area contributed by atoms with Crippen LogP contribution in [-0.4, -0.2) is 34.0 Å². The summed E-state index contributed by atoms with van der Waals surface area (Å²) in [5, 5.41) is 0. The zero-order valence-corrected chi connectivity index (χ0v) is 13.7. The Labute approximate surface area is 134 Å². The van der Waals surface area contributed by atoms with Gasteiger partial charge in [-0.25, -0.2) is 4.98 Å². The van der Waals surface area contributed by atoms with E-state index in [-0.39, 0.29) is 28.8 Å². The first-order valence-electron chi connectivity index (χ1n) is 6.73. The van der Waals surface area contributed by atoms with Crippen LogP contribution < -0.4 is 5.73 Å². The average molecular weight is 351 g/mol. The Morgan fingerprint density at radius 3 is 2.90 bits per heavy atom. The molecule has 0 spiro atoms. The number of fused-ring (bicyclic) bond motifs is 1. The van der Waals surface area contributed by atoms with Crippen molar-refractivity contribution in [3.05, 3.63) is 36.4 Å². The highest BCUT2D eigenvalue weighted by atomic mass is 79.9. The van der Waals surface area contributed by atoms with Crippen LogP contribution >= 0.6 is 17.0 Å². The summed E-state index contributed by atoms with van der Waals surface area (Å²) >= 11 is 0. The maximum atomic E-state index is 12.1. The lowest BCUT2D eigenvalue weighted by atomic mass is 9.97. The van der Waals surface area contributed by atoms with E-state index in [1.165, 1.54) is 0 Å². The second-order valence-electron chi connectivity index (χ2n) is 5.22. The molecular formula is C15H19BrN4O. The number of halogens is 1. The highest BCUT2D eigenvalue weighted by molar-refractivity contribution is 8.93. The van der Waals surface area contributed by atoms with Crippen molar-refractivity contribution >= 4 is 39.9 Å². The Balaban J connectivity index is 0.00000161. The molecule has 1 unspecified atom stereocenters. The lowest BCUT2D eigenvalue weighted by Crippen LogP contribution is -2.21. The van der Waals surface area contributed by atoms with Gasteiger partial charge in [0.25, 0.3) is 0 Å². The standard InChI is InChI=1S/C15H18N4O.BrH/c1-3-7-19-13-5-4-10(9-12(13)17-15(19)16)11-6-8-18(2)14(11)20;/h3-5,9,11H,1,6-8H2,2H3,(H2,16,17);1H. The van der Waals surface area contributed by atoms with Gasteiger partial charge in [-0.15, -0.1) is 23.6 Å². The Morgan fingerprint density at radius 1 is 1.52 bits per heavy atom. The molecule has 0 saturated carbocycles. The third kappa shape index (κ3) is 2.55. The van der Waals surface area contributed by atoms with E-state index < -0.39 is 0 Å². The number of imidazole rings is 1. The predicted molar refractivity (Wildman–Crippen MR) is 89.7 cm³/mol. The Bertz CT molecular complexity index is 694. The highest BCUT2D eigenvalue weighted by Crippen LogP contribution is 2.30. The monoisotopic (exact) mass is 350 g/mol. The van der Waals surface area contributed by atoms with Gasteiger partial charge in [0, 0.05) is 20.1 Å². The SMILES string of the molecule is Br.C=CCn1c(N)nc2cc(C3CCN(C)C3=O)ccc21. The highest BCUT2D eigenvalue weighted by Gasteiger charge is 2.30. The second kappa shape index (κ2) is 5.89. The fourth-order valence-corrected chi connectivity index (χ4v) is 2.83. The number of carbonyl (C=O) groups excluding carboxylic acids is 1. The molecule has 0 radical (unpaired) electrons. The van der Waals surface area contributed by atoms with Crippen molar-refractivity contribution in [1.29, 1.82) is 0 Å². The second-order valence-corrected chi connectivity index (χ2v) is 5.22. The van der Waals surface area contributed by atoms with Crippen LogP contribution in [0.1, 0.15) is 17.9 Å². The quantitative estimate of drug-likeness (QED) is 0.864. The van der Waals surface area contributed by atoms with Crippen LogP contribution in [0.5, 0.6) is 0 Å². The zero-order chi connectivity index (χ0) is 14.3. The molecule has 2 aromatic rings. The summed E-state index contributed by atoms with van der Waals surface area (Å²) in [5.41, 5.74) is 8.76. The molecule has 0 aliphatic carbocycles. The van der Waals surface area contributed by atoms with Gasteiger partial charge >= 0.3 is 0 Å². The van der Waals surface area contributed by atoms with E-state index in [0.29, 0.717) is 12.5 Å². The van der Waals surface area contributed by atoms with Gasteiger partial charge < -0.3 is 15.2 Å². The van der Waals surface area contributed by atoms with Gasteiger partial charge in [0.15, 0.2) is 0 Å². The molecular weight excluding hydrogens is 332 g/mol. The van der Waals surface area contributed by atoms with Crippen molar-refractivity contribution < 1.29 is 4.79 Å². The van der Waals surface area contributed by atoms with Crippen LogP contribution in [0.3, 0.4) is 0 Å². The number of rotatable bonds is 3. The summed E-state index contributed by atoms with van der Waals surface area (Å²) < 4.78 is 1.91. The van der Waals surface area contributed by atoms with Crippen LogP contribution in [0.25, 0.3) is 11.0 Å². The molecule has 1 atom stereocenters. The lowest BCUT2D eigenvalue weighted by Gasteiger charge is -2.10. The number of likely N-dealkylation sites (N-methyl/N-ethyl adjacent to an activating group) is 1. The number of anilines is 1. The molecule has 112 valence electrons. The number of hydrogen-bond donors (Lipinski definition) is 1. The number of benzene rings is 1. The van der Waals surface area contributed by atoms with E-state index in [2.05, 4.69) is 11.6 Å². The third-order valence-corrected chi connectivity index (χ3v) is 3.94. The van der Waals surface area contributed by atoms with Crippen molar-refractivity contribution in [3.63, 3.8) is 0 Å². The molecule has 21 heavy (non-hydrogen) atoms. The van der Waals surface area contributed by atoms with Crippen LogP contribution in [-0.2, 0) is 11.3 Å². The van der Waals surface area contributed by atoms with Crippen LogP contribution in [0.4, 0.5) is 5.95 Å². The number of likely N-dealkylation sites (tertiary alicyclic amines) is 1. The molecule has 1 aromatic carbocycles. The predicted octanol–water partition coefficient (Wildman–Crippen LogP) is 2.33. The smallest absolute Gasteiger partial charge is 0.229 e. The van der Waals surface area contributed by atoms with E-state index in [4.69, 9.17) is 5.73 Å². The number of hydrogen-bond acceptors (Lipinski definition) is 3. The van der Waals surface area contributed by atoms with E-state index in [9.17, 15) is 4.79 Å². The van der Waals surface area contributed by atoms with Crippen molar-refractivity contribution in [2.24, 2.45) is 0 Å².